The van der Waals surface area contributed by atoms with Crippen molar-refractivity contribution in [2.45, 2.75) is 57.9 Å². The van der Waals surface area contributed by atoms with Crippen molar-refractivity contribution in [3.05, 3.63) is 35.9 Å². The van der Waals surface area contributed by atoms with Crippen LogP contribution in [-0.4, -0.2) is 28.1 Å². The van der Waals surface area contributed by atoms with Crippen LogP contribution in [-0.2, 0) is 16.0 Å². The maximum absolute atomic E-state index is 12.5. The molecule has 2 fully saturated rings. The van der Waals surface area contributed by atoms with Gasteiger partial charge in [-0.25, -0.2) is 0 Å². The van der Waals surface area contributed by atoms with Crippen LogP contribution in [0.15, 0.2) is 30.3 Å². The number of carbonyl (C=O) groups is 2. The maximum Gasteiger partial charge on any atom is 0.230 e. The minimum Gasteiger partial charge on any atom is -0.355 e. The number of hydrogen-bond acceptors (Lipinski definition) is 3. The zero-order chi connectivity index (χ0) is 19.5. The van der Waals surface area contributed by atoms with E-state index >= 15 is 0 Å². The van der Waals surface area contributed by atoms with Crippen LogP contribution in [0.5, 0.6) is 0 Å². The first kappa shape index (κ1) is 18.7. The SMILES string of the molecule is CCCc1cccc(-c2cc(NC(=O)C3CNC(=O)C3)nn2C2CCCC2)c1. The number of nitrogens with one attached hydrogen (secondary N) is 2. The summed E-state index contributed by atoms with van der Waals surface area (Å²) in [6.45, 7) is 2.59. The molecule has 4 rings (SSSR count). The average Bonchev–Trinajstić information content (AvgIpc) is 3.42. The lowest BCUT2D eigenvalue weighted by Crippen LogP contribution is -2.25. The molecule has 2 N–H and O–H groups in total. The summed E-state index contributed by atoms with van der Waals surface area (Å²) in [5.41, 5.74) is 3.52. The number of rotatable bonds is 6. The predicted molar refractivity (Wildman–Crippen MR) is 109 cm³/mol. The largest absolute Gasteiger partial charge is 0.355 e. The first-order chi connectivity index (χ1) is 13.6. The Hall–Kier alpha value is -2.63. The topological polar surface area (TPSA) is 76.0 Å². The summed E-state index contributed by atoms with van der Waals surface area (Å²) in [7, 11) is 0. The number of nitrogens with zero attached hydrogens (tertiary/aromatic N) is 2. The van der Waals surface area contributed by atoms with Gasteiger partial charge in [0.15, 0.2) is 5.82 Å². The third-order valence-electron chi connectivity index (χ3n) is 5.77. The van der Waals surface area contributed by atoms with Crippen molar-refractivity contribution < 1.29 is 9.59 Å². The molecule has 0 radical (unpaired) electrons. The second-order valence-electron chi connectivity index (χ2n) is 7.94. The summed E-state index contributed by atoms with van der Waals surface area (Å²) in [5, 5.41) is 10.4. The van der Waals surface area contributed by atoms with E-state index in [-0.39, 0.29) is 24.2 Å². The van der Waals surface area contributed by atoms with E-state index < -0.39 is 0 Å². The van der Waals surface area contributed by atoms with Crippen molar-refractivity contribution in [3.8, 4) is 11.3 Å². The van der Waals surface area contributed by atoms with Gasteiger partial charge < -0.3 is 10.6 Å². The number of benzene rings is 1. The van der Waals surface area contributed by atoms with E-state index in [1.54, 1.807) is 0 Å². The fourth-order valence-corrected chi connectivity index (χ4v) is 4.29. The lowest BCUT2D eigenvalue weighted by atomic mass is 10.0. The molecule has 1 aliphatic carbocycles. The summed E-state index contributed by atoms with van der Waals surface area (Å²) >= 11 is 0. The Kier molecular flexibility index (Phi) is 5.46. The predicted octanol–water partition coefficient (Wildman–Crippen LogP) is 3.69. The lowest BCUT2D eigenvalue weighted by molar-refractivity contribution is -0.123. The molecule has 0 spiro atoms. The molecule has 28 heavy (non-hydrogen) atoms. The van der Waals surface area contributed by atoms with Gasteiger partial charge in [-0.05, 0) is 30.9 Å². The first-order valence-corrected chi connectivity index (χ1v) is 10.4. The maximum atomic E-state index is 12.5. The van der Waals surface area contributed by atoms with Crippen molar-refractivity contribution >= 4 is 17.6 Å². The van der Waals surface area contributed by atoms with E-state index in [1.165, 1.54) is 18.4 Å². The van der Waals surface area contributed by atoms with Crippen molar-refractivity contribution in [1.82, 2.24) is 15.1 Å². The third kappa shape index (κ3) is 3.96. The van der Waals surface area contributed by atoms with E-state index in [4.69, 9.17) is 5.10 Å². The van der Waals surface area contributed by atoms with E-state index in [1.807, 2.05) is 6.07 Å². The van der Waals surface area contributed by atoms with E-state index in [0.29, 0.717) is 18.4 Å². The Balaban J connectivity index is 1.62. The molecule has 6 heteroatoms. The molecule has 0 bridgehead atoms. The van der Waals surface area contributed by atoms with Gasteiger partial charge in [0, 0.05) is 24.6 Å². The van der Waals surface area contributed by atoms with Crippen molar-refractivity contribution in [3.63, 3.8) is 0 Å². The smallest absolute Gasteiger partial charge is 0.230 e. The van der Waals surface area contributed by atoms with E-state index in [9.17, 15) is 9.59 Å². The highest BCUT2D eigenvalue weighted by molar-refractivity contribution is 5.96. The Labute approximate surface area is 165 Å². The summed E-state index contributed by atoms with van der Waals surface area (Å²) < 4.78 is 2.10. The van der Waals surface area contributed by atoms with Gasteiger partial charge in [-0.3, -0.25) is 14.3 Å². The summed E-state index contributed by atoms with van der Waals surface area (Å²) in [6, 6.07) is 11.0. The van der Waals surface area contributed by atoms with Gasteiger partial charge in [-0.1, -0.05) is 44.4 Å². The standard InChI is InChI=1S/C22H28N4O2/c1-2-6-15-7-5-8-16(11-15)19-13-20(25-26(19)18-9-3-4-10-18)24-22(28)17-12-21(27)23-14-17/h5,7-8,11,13,17-18H,2-4,6,9-10,12,14H2,1H3,(H,23,27)(H,24,25,28). The van der Waals surface area contributed by atoms with Crippen molar-refractivity contribution in [1.29, 1.82) is 0 Å². The second-order valence-corrected chi connectivity index (χ2v) is 7.94. The summed E-state index contributed by atoms with van der Waals surface area (Å²) in [5.74, 6) is 0.0541. The van der Waals surface area contributed by atoms with Gasteiger partial charge in [0.05, 0.1) is 17.7 Å². The van der Waals surface area contributed by atoms with Crippen LogP contribution < -0.4 is 10.6 Å². The molecule has 2 aliphatic rings. The number of anilines is 1. The molecule has 1 aliphatic heterocycles. The van der Waals surface area contributed by atoms with Crippen LogP contribution in [0.1, 0.15) is 57.1 Å². The fraction of sp³-hybridized carbons (Fsp3) is 0.500. The van der Waals surface area contributed by atoms with Crippen LogP contribution in [0.4, 0.5) is 5.82 Å². The highest BCUT2D eigenvalue weighted by Gasteiger charge is 2.29. The normalized spacial score (nSPS) is 19.8. The summed E-state index contributed by atoms with van der Waals surface area (Å²) in [6.07, 6.45) is 7.10. The number of carbonyl (C=O) groups excluding carboxylic acids is 2. The van der Waals surface area contributed by atoms with Crippen LogP contribution in [0, 0.1) is 5.92 Å². The fourth-order valence-electron chi connectivity index (χ4n) is 4.29. The van der Waals surface area contributed by atoms with E-state index in [2.05, 4.69) is 46.5 Å². The van der Waals surface area contributed by atoms with Gasteiger partial charge >= 0.3 is 0 Å². The van der Waals surface area contributed by atoms with Crippen LogP contribution in [0.25, 0.3) is 11.3 Å². The Morgan fingerprint density at radius 3 is 2.82 bits per heavy atom. The van der Waals surface area contributed by atoms with Crippen molar-refractivity contribution in [2.75, 3.05) is 11.9 Å². The van der Waals surface area contributed by atoms with E-state index in [0.717, 1.165) is 36.9 Å². The molecule has 2 aromatic rings. The first-order valence-electron chi connectivity index (χ1n) is 10.4. The Morgan fingerprint density at radius 2 is 2.11 bits per heavy atom. The number of aryl methyl sites for hydroxylation is 1. The van der Waals surface area contributed by atoms with Crippen LogP contribution >= 0.6 is 0 Å². The monoisotopic (exact) mass is 380 g/mol. The quantitative estimate of drug-likeness (QED) is 0.802. The van der Waals surface area contributed by atoms with Crippen LogP contribution in [0.2, 0.25) is 0 Å². The Morgan fingerprint density at radius 1 is 1.29 bits per heavy atom. The van der Waals surface area contributed by atoms with Crippen molar-refractivity contribution in [2.24, 2.45) is 5.92 Å². The molecule has 6 nitrogen and oxygen atoms in total. The molecular weight excluding hydrogens is 352 g/mol. The molecule has 1 saturated carbocycles. The molecule has 148 valence electrons. The van der Waals surface area contributed by atoms with Crippen LogP contribution in [0.3, 0.4) is 0 Å². The number of aromatic nitrogens is 2. The Bertz CT molecular complexity index is 867. The minimum absolute atomic E-state index is 0.0648. The molecule has 2 amide bonds. The second kappa shape index (κ2) is 8.17. The molecule has 1 atom stereocenters. The molecule has 2 heterocycles. The summed E-state index contributed by atoms with van der Waals surface area (Å²) in [4.78, 5) is 23.9. The van der Waals surface area contributed by atoms with Gasteiger partial charge in [-0.2, -0.15) is 5.10 Å². The third-order valence-corrected chi connectivity index (χ3v) is 5.77. The van der Waals surface area contributed by atoms with Gasteiger partial charge in [0.1, 0.15) is 0 Å². The number of amides is 2. The zero-order valence-electron chi connectivity index (χ0n) is 16.4. The number of hydrogen-bond donors (Lipinski definition) is 2. The van der Waals surface area contributed by atoms with Gasteiger partial charge in [0.25, 0.3) is 0 Å². The van der Waals surface area contributed by atoms with Gasteiger partial charge in [0.2, 0.25) is 11.8 Å². The average molecular weight is 380 g/mol. The van der Waals surface area contributed by atoms with Gasteiger partial charge in [-0.15, -0.1) is 0 Å². The molecule has 1 aromatic heterocycles. The molecule has 1 aromatic carbocycles. The highest BCUT2D eigenvalue weighted by Crippen LogP contribution is 2.35. The lowest BCUT2D eigenvalue weighted by Gasteiger charge is -2.14. The molecular formula is C22H28N4O2. The minimum atomic E-state index is -0.319. The highest BCUT2D eigenvalue weighted by atomic mass is 16.2. The molecule has 1 saturated heterocycles. The zero-order valence-corrected chi connectivity index (χ0v) is 16.4. The molecule has 1 unspecified atom stereocenters.